The second-order valence-electron chi connectivity index (χ2n) is 7.92. The SMILES string of the molecule is Cc1ccc(CNc2ncc(C(=O)Nc3ccc(C(C)(C)C)cc3)cn2)cc1. The monoisotopic (exact) mass is 374 g/mol. The number of aromatic nitrogens is 2. The molecule has 0 saturated carbocycles. The molecule has 0 aliphatic heterocycles. The van der Waals surface area contributed by atoms with E-state index in [9.17, 15) is 4.79 Å². The molecule has 0 bridgehead atoms. The summed E-state index contributed by atoms with van der Waals surface area (Å²) in [6.07, 6.45) is 3.06. The quantitative estimate of drug-likeness (QED) is 0.663. The van der Waals surface area contributed by atoms with Gasteiger partial charge in [-0.2, -0.15) is 0 Å². The highest BCUT2D eigenvalue weighted by Crippen LogP contribution is 2.23. The van der Waals surface area contributed by atoms with Gasteiger partial charge in [-0.05, 0) is 35.6 Å². The van der Waals surface area contributed by atoms with Crippen LogP contribution in [0.1, 0.15) is 47.8 Å². The molecular formula is C23H26N4O. The van der Waals surface area contributed by atoms with Crippen molar-refractivity contribution in [2.45, 2.75) is 39.7 Å². The lowest BCUT2D eigenvalue weighted by atomic mass is 9.87. The van der Waals surface area contributed by atoms with Gasteiger partial charge in [0.15, 0.2) is 0 Å². The number of anilines is 2. The molecule has 0 spiro atoms. The fraction of sp³-hybridized carbons (Fsp3) is 0.261. The third kappa shape index (κ3) is 5.16. The molecule has 5 heteroatoms. The highest BCUT2D eigenvalue weighted by Gasteiger charge is 2.13. The molecule has 1 heterocycles. The minimum atomic E-state index is -0.228. The van der Waals surface area contributed by atoms with Crippen LogP contribution in [0.4, 0.5) is 11.6 Å². The van der Waals surface area contributed by atoms with E-state index in [1.54, 1.807) is 0 Å². The van der Waals surface area contributed by atoms with Crippen LogP contribution in [0.3, 0.4) is 0 Å². The zero-order valence-corrected chi connectivity index (χ0v) is 16.8. The second kappa shape index (κ2) is 8.21. The van der Waals surface area contributed by atoms with Crippen LogP contribution in [0.2, 0.25) is 0 Å². The lowest BCUT2D eigenvalue weighted by molar-refractivity contribution is 0.102. The molecule has 1 aromatic heterocycles. The number of benzene rings is 2. The molecule has 0 radical (unpaired) electrons. The van der Waals surface area contributed by atoms with Crippen LogP contribution < -0.4 is 10.6 Å². The van der Waals surface area contributed by atoms with E-state index in [0.717, 1.165) is 11.3 Å². The highest BCUT2D eigenvalue weighted by atomic mass is 16.1. The van der Waals surface area contributed by atoms with E-state index in [0.29, 0.717) is 18.1 Å². The molecule has 0 unspecified atom stereocenters. The number of nitrogens with zero attached hydrogens (tertiary/aromatic N) is 2. The summed E-state index contributed by atoms with van der Waals surface area (Å²) in [6, 6.07) is 16.2. The van der Waals surface area contributed by atoms with Gasteiger partial charge in [0, 0.05) is 24.6 Å². The molecule has 0 saturated heterocycles. The maximum absolute atomic E-state index is 12.4. The zero-order valence-electron chi connectivity index (χ0n) is 16.8. The van der Waals surface area contributed by atoms with Gasteiger partial charge in [-0.25, -0.2) is 9.97 Å². The molecule has 3 aromatic rings. The van der Waals surface area contributed by atoms with Gasteiger partial charge >= 0.3 is 0 Å². The smallest absolute Gasteiger partial charge is 0.258 e. The van der Waals surface area contributed by atoms with Crippen molar-refractivity contribution in [1.82, 2.24) is 9.97 Å². The third-order valence-electron chi connectivity index (χ3n) is 4.49. The average molecular weight is 374 g/mol. The number of aryl methyl sites for hydroxylation is 1. The summed E-state index contributed by atoms with van der Waals surface area (Å²) in [6.45, 7) is 9.17. The summed E-state index contributed by atoms with van der Waals surface area (Å²) in [5.41, 5.74) is 4.84. The first-order valence-electron chi connectivity index (χ1n) is 9.34. The van der Waals surface area contributed by atoms with Crippen LogP contribution in [0.25, 0.3) is 0 Å². The summed E-state index contributed by atoms with van der Waals surface area (Å²) in [5.74, 6) is 0.264. The molecular weight excluding hydrogens is 348 g/mol. The van der Waals surface area contributed by atoms with Crippen molar-refractivity contribution in [3.05, 3.63) is 83.2 Å². The van der Waals surface area contributed by atoms with E-state index in [1.807, 2.05) is 24.3 Å². The van der Waals surface area contributed by atoms with Crippen LogP contribution >= 0.6 is 0 Å². The Morgan fingerprint density at radius 3 is 2.11 bits per heavy atom. The Labute approximate surface area is 166 Å². The van der Waals surface area contributed by atoms with Gasteiger partial charge in [-0.3, -0.25) is 4.79 Å². The van der Waals surface area contributed by atoms with Crippen molar-refractivity contribution in [1.29, 1.82) is 0 Å². The second-order valence-corrected chi connectivity index (χ2v) is 7.92. The fourth-order valence-electron chi connectivity index (χ4n) is 2.68. The van der Waals surface area contributed by atoms with Crippen molar-refractivity contribution in [2.75, 3.05) is 10.6 Å². The van der Waals surface area contributed by atoms with E-state index in [2.05, 4.69) is 72.6 Å². The number of hydrogen-bond donors (Lipinski definition) is 2. The number of carbonyl (C=O) groups is 1. The maximum atomic E-state index is 12.4. The molecule has 2 aromatic carbocycles. The number of rotatable bonds is 5. The van der Waals surface area contributed by atoms with Crippen LogP contribution in [-0.2, 0) is 12.0 Å². The molecule has 1 amide bonds. The van der Waals surface area contributed by atoms with Crippen LogP contribution in [-0.4, -0.2) is 15.9 Å². The predicted octanol–water partition coefficient (Wildman–Crippen LogP) is 4.95. The summed E-state index contributed by atoms with van der Waals surface area (Å²) < 4.78 is 0. The van der Waals surface area contributed by atoms with Gasteiger partial charge in [0.2, 0.25) is 5.95 Å². The largest absolute Gasteiger partial charge is 0.350 e. The summed E-state index contributed by atoms with van der Waals surface area (Å²) in [7, 11) is 0. The molecule has 0 aliphatic rings. The van der Waals surface area contributed by atoms with Gasteiger partial charge in [0.1, 0.15) is 0 Å². The van der Waals surface area contributed by atoms with Crippen molar-refractivity contribution < 1.29 is 4.79 Å². The zero-order chi connectivity index (χ0) is 20.1. The topological polar surface area (TPSA) is 66.9 Å². The Morgan fingerprint density at radius 2 is 1.54 bits per heavy atom. The maximum Gasteiger partial charge on any atom is 0.258 e. The predicted molar refractivity (Wildman–Crippen MR) is 114 cm³/mol. The van der Waals surface area contributed by atoms with E-state index in [1.165, 1.54) is 23.5 Å². The minimum absolute atomic E-state index is 0.0811. The normalized spacial score (nSPS) is 11.1. The molecule has 144 valence electrons. The first-order chi connectivity index (χ1) is 13.3. The number of hydrogen-bond acceptors (Lipinski definition) is 4. The molecule has 5 nitrogen and oxygen atoms in total. The van der Waals surface area contributed by atoms with E-state index >= 15 is 0 Å². The van der Waals surface area contributed by atoms with Crippen molar-refractivity contribution >= 4 is 17.5 Å². The average Bonchev–Trinajstić information content (AvgIpc) is 2.67. The van der Waals surface area contributed by atoms with Crippen molar-refractivity contribution in [3.8, 4) is 0 Å². The van der Waals surface area contributed by atoms with E-state index in [4.69, 9.17) is 0 Å². The Bertz CT molecular complexity index is 924. The molecule has 2 N–H and O–H groups in total. The van der Waals surface area contributed by atoms with Crippen LogP contribution in [0.15, 0.2) is 60.9 Å². The van der Waals surface area contributed by atoms with Gasteiger partial charge in [0.25, 0.3) is 5.91 Å². The molecule has 0 fully saturated rings. The summed E-state index contributed by atoms with van der Waals surface area (Å²) in [4.78, 5) is 20.9. The number of carbonyl (C=O) groups excluding carboxylic acids is 1. The van der Waals surface area contributed by atoms with Gasteiger partial charge < -0.3 is 10.6 Å². The Kier molecular flexibility index (Phi) is 5.73. The molecule has 3 rings (SSSR count). The minimum Gasteiger partial charge on any atom is -0.350 e. The first-order valence-corrected chi connectivity index (χ1v) is 9.34. The lowest BCUT2D eigenvalue weighted by Gasteiger charge is -2.19. The standard InChI is InChI=1S/C23H26N4O/c1-16-5-7-17(8-6-16)13-24-22-25-14-18(15-26-22)21(28)27-20-11-9-19(10-12-20)23(2,3)4/h5-12,14-15H,13H2,1-4H3,(H,27,28)(H,24,25,26). The summed E-state index contributed by atoms with van der Waals surface area (Å²) >= 11 is 0. The molecule has 0 aliphatic carbocycles. The van der Waals surface area contributed by atoms with Crippen LogP contribution in [0.5, 0.6) is 0 Å². The Balaban J connectivity index is 1.58. The first kappa shape index (κ1) is 19.5. The fourth-order valence-corrected chi connectivity index (χ4v) is 2.68. The summed E-state index contributed by atoms with van der Waals surface area (Å²) in [5, 5.41) is 6.04. The van der Waals surface area contributed by atoms with E-state index in [-0.39, 0.29) is 11.3 Å². The van der Waals surface area contributed by atoms with Crippen molar-refractivity contribution in [2.24, 2.45) is 0 Å². The van der Waals surface area contributed by atoms with Gasteiger partial charge in [0.05, 0.1) is 5.56 Å². The van der Waals surface area contributed by atoms with E-state index < -0.39 is 0 Å². The van der Waals surface area contributed by atoms with Crippen LogP contribution in [0, 0.1) is 6.92 Å². The number of nitrogens with one attached hydrogen (secondary N) is 2. The van der Waals surface area contributed by atoms with Crippen molar-refractivity contribution in [3.63, 3.8) is 0 Å². The van der Waals surface area contributed by atoms with Gasteiger partial charge in [-0.15, -0.1) is 0 Å². The Hall–Kier alpha value is -3.21. The Morgan fingerprint density at radius 1 is 0.929 bits per heavy atom. The molecule has 0 atom stereocenters. The lowest BCUT2D eigenvalue weighted by Crippen LogP contribution is -2.14. The highest BCUT2D eigenvalue weighted by molar-refractivity contribution is 6.03. The number of amides is 1. The van der Waals surface area contributed by atoms with Gasteiger partial charge in [-0.1, -0.05) is 62.7 Å². The molecule has 28 heavy (non-hydrogen) atoms. The third-order valence-corrected chi connectivity index (χ3v) is 4.49.